The Kier molecular flexibility index (Phi) is 5.26. The van der Waals surface area contributed by atoms with E-state index in [4.69, 9.17) is 4.74 Å². The summed E-state index contributed by atoms with van der Waals surface area (Å²) < 4.78 is 7.26. The average Bonchev–Trinajstić information content (AvgIpc) is 3.07. The van der Waals surface area contributed by atoms with Crippen LogP contribution in [0, 0.1) is 6.92 Å². The largest absolute Gasteiger partial charge is 0.491 e. The van der Waals surface area contributed by atoms with Gasteiger partial charge in [0, 0.05) is 25.2 Å². The molecule has 8 heteroatoms. The maximum absolute atomic E-state index is 12.6. The topological polar surface area (TPSA) is 86.1 Å². The highest BCUT2D eigenvalue weighted by molar-refractivity contribution is 7.20. The number of hydrogen-bond acceptors (Lipinski definition) is 6. The Morgan fingerprint density at radius 2 is 2.07 bits per heavy atom. The van der Waals surface area contributed by atoms with Gasteiger partial charge in [0.05, 0.1) is 23.2 Å². The predicted octanol–water partition coefficient (Wildman–Crippen LogP) is 3.05. The number of aryl methyl sites for hydroxylation is 2. The second kappa shape index (κ2) is 8.00. The highest BCUT2D eigenvalue weighted by Crippen LogP contribution is 2.26. The molecule has 29 heavy (non-hydrogen) atoms. The van der Waals surface area contributed by atoms with Gasteiger partial charge in [0.1, 0.15) is 16.1 Å². The molecule has 0 fully saturated rings. The van der Waals surface area contributed by atoms with Gasteiger partial charge < -0.3 is 14.6 Å². The van der Waals surface area contributed by atoms with Crippen LogP contribution in [0.4, 0.5) is 0 Å². The van der Waals surface area contributed by atoms with E-state index in [1.807, 2.05) is 30.3 Å². The van der Waals surface area contributed by atoms with Crippen molar-refractivity contribution in [1.82, 2.24) is 19.9 Å². The number of nitrogens with zero attached hydrogens (tertiary/aromatic N) is 3. The Morgan fingerprint density at radius 1 is 1.24 bits per heavy atom. The summed E-state index contributed by atoms with van der Waals surface area (Å²) >= 11 is 1.24. The molecule has 0 aliphatic rings. The number of hydrogen-bond donors (Lipinski definition) is 1. The molecule has 4 rings (SSSR count). The van der Waals surface area contributed by atoms with E-state index in [0.29, 0.717) is 40.2 Å². The number of thiophene rings is 1. The molecule has 1 N–H and O–H groups in total. The number of ether oxygens (including phenoxy) is 1. The van der Waals surface area contributed by atoms with Gasteiger partial charge in [-0.1, -0.05) is 18.2 Å². The number of carbonyl (C=O) groups excluding carboxylic acids is 1. The second-order valence-corrected chi connectivity index (χ2v) is 7.69. The van der Waals surface area contributed by atoms with Crippen molar-refractivity contribution in [2.45, 2.75) is 13.3 Å². The van der Waals surface area contributed by atoms with E-state index in [-0.39, 0.29) is 11.5 Å². The minimum Gasteiger partial charge on any atom is -0.491 e. The van der Waals surface area contributed by atoms with Crippen LogP contribution in [0.15, 0.2) is 47.7 Å². The first-order valence-electron chi connectivity index (χ1n) is 9.25. The van der Waals surface area contributed by atoms with Crippen molar-refractivity contribution in [2.75, 3.05) is 13.2 Å². The number of fused-ring (bicyclic) bond motifs is 2. The first kappa shape index (κ1) is 19.1. The van der Waals surface area contributed by atoms with Gasteiger partial charge >= 0.3 is 0 Å². The Balaban J connectivity index is 1.36. The highest BCUT2D eigenvalue weighted by atomic mass is 32.1. The molecule has 0 aliphatic heterocycles. The highest BCUT2D eigenvalue weighted by Gasteiger charge is 2.18. The zero-order valence-corrected chi connectivity index (χ0v) is 17.0. The lowest BCUT2D eigenvalue weighted by atomic mass is 10.2. The van der Waals surface area contributed by atoms with Gasteiger partial charge in [-0.15, -0.1) is 11.3 Å². The molecule has 148 valence electrons. The van der Waals surface area contributed by atoms with Crippen LogP contribution in [0.25, 0.3) is 21.1 Å². The molecular weight excluding hydrogens is 388 g/mol. The number of amides is 1. The summed E-state index contributed by atoms with van der Waals surface area (Å²) in [6, 6.07) is 9.70. The molecule has 7 nitrogen and oxygen atoms in total. The fourth-order valence-corrected chi connectivity index (χ4v) is 4.21. The maximum Gasteiger partial charge on any atom is 0.262 e. The fraction of sp³-hybridized carbons (Fsp3) is 0.238. The maximum atomic E-state index is 12.6. The van der Waals surface area contributed by atoms with E-state index >= 15 is 0 Å². The first-order chi connectivity index (χ1) is 14.1. The summed E-state index contributed by atoms with van der Waals surface area (Å²) in [6.07, 6.45) is 3.87. The first-order valence-corrected chi connectivity index (χ1v) is 10.1. The summed E-state index contributed by atoms with van der Waals surface area (Å²) in [5.74, 6) is 0.538. The van der Waals surface area contributed by atoms with Crippen LogP contribution in [-0.2, 0) is 7.05 Å². The molecule has 0 unspecified atom stereocenters. The van der Waals surface area contributed by atoms with Gasteiger partial charge in [-0.25, -0.2) is 4.98 Å². The van der Waals surface area contributed by atoms with Crippen LogP contribution in [-0.4, -0.2) is 33.6 Å². The van der Waals surface area contributed by atoms with Crippen molar-refractivity contribution in [1.29, 1.82) is 0 Å². The third kappa shape index (κ3) is 3.71. The van der Waals surface area contributed by atoms with Crippen LogP contribution in [0.3, 0.4) is 0 Å². The molecule has 0 saturated carbocycles. The summed E-state index contributed by atoms with van der Waals surface area (Å²) in [6.45, 7) is 2.72. The van der Waals surface area contributed by atoms with Crippen LogP contribution >= 0.6 is 11.3 Å². The van der Waals surface area contributed by atoms with Crippen LogP contribution in [0.2, 0.25) is 0 Å². The summed E-state index contributed by atoms with van der Waals surface area (Å²) in [5, 5.41) is 4.43. The van der Waals surface area contributed by atoms with E-state index < -0.39 is 0 Å². The number of para-hydroxylation sites is 1. The molecule has 1 aromatic carbocycles. The minimum absolute atomic E-state index is 0.139. The zero-order valence-electron chi connectivity index (χ0n) is 16.1. The van der Waals surface area contributed by atoms with Crippen LogP contribution < -0.4 is 15.6 Å². The minimum atomic E-state index is -0.195. The third-order valence-electron chi connectivity index (χ3n) is 4.68. The molecule has 0 atom stereocenters. The van der Waals surface area contributed by atoms with E-state index in [1.54, 1.807) is 20.2 Å². The molecule has 0 spiro atoms. The quantitative estimate of drug-likeness (QED) is 0.496. The second-order valence-electron chi connectivity index (χ2n) is 6.69. The smallest absolute Gasteiger partial charge is 0.262 e. The predicted molar refractivity (Wildman–Crippen MR) is 114 cm³/mol. The number of carbonyl (C=O) groups is 1. The lowest BCUT2D eigenvalue weighted by Gasteiger charge is -2.09. The summed E-state index contributed by atoms with van der Waals surface area (Å²) in [4.78, 5) is 34.6. The van der Waals surface area contributed by atoms with E-state index in [9.17, 15) is 9.59 Å². The molecular formula is C21H20N4O3S. The van der Waals surface area contributed by atoms with Crippen molar-refractivity contribution >= 4 is 38.4 Å². The number of rotatable bonds is 6. The van der Waals surface area contributed by atoms with Gasteiger partial charge in [-0.2, -0.15) is 0 Å². The zero-order chi connectivity index (χ0) is 20.4. The van der Waals surface area contributed by atoms with Gasteiger partial charge in [0.15, 0.2) is 0 Å². The molecule has 0 bridgehead atoms. The van der Waals surface area contributed by atoms with Crippen molar-refractivity contribution in [3.8, 4) is 5.75 Å². The van der Waals surface area contributed by atoms with Crippen molar-refractivity contribution in [3.05, 3.63) is 63.7 Å². The Bertz CT molecular complexity index is 1260. The number of benzene rings is 1. The molecule has 0 aliphatic carbocycles. The van der Waals surface area contributed by atoms with E-state index in [2.05, 4.69) is 15.3 Å². The van der Waals surface area contributed by atoms with Crippen molar-refractivity contribution in [2.24, 2.45) is 7.05 Å². The number of nitrogens with one attached hydrogen (secondary N) is 1. The monoisotopic (exact) mass is 408 g/mol. The summed E-state index contributed by atoms with van der Waals surface area (Å²) in [5.41, 5.74) is 1.36. The molecule has 0 saturated heterocycles. The Labute approximate surface area is 171 Å². The van der Waals surface area contributed by atoms with Crippen LogP contribution in [0.1, 0.15) is 21.7 Å². The lowest BCUT2D eigenvalue weighted by Crippen LogP contribution is -2.25. The van der Waals surface area contributed by atoms with Gasteiger partial charge in [-0.3, -0.25) is 14.6 Å². The van der Waals surface area contributed by atoms with Crippen molar-refractivity contribution < 1.29 is 9.53 Å². The third-order valence-corrected chi connectivity index (χ3v) is 5.88. The van der Waals surface area contributed by atoms with Gasteiger partial charge in [0.25, 0.3) is 11.5 Å². The van der Waals surface area contributed by atoms with E-state index in [1.165, 1.54) is 22.2 Å². The molecule has 3 aromatic heterocycles. The van der Waals surface area contributed by atoms with E-state index in [0.717, 1.165) is 16.7 Å². The molecule has 3 heterocycles. The lowest BCUT2D eigenvalue weighted by molar-refractivity contribution is 0.0955. The standard InChI is InChI=1S/C21H20N4O3S/c1-13-16-20(24-12-25(2)21(16)27)29-18(13)19(26)23-10-5-11-28-15-8-3-6-14-7-4-9-22-17(14)15/h3-4,6-9,12H,5,10-11H2,1-2H3,(H,23,26). The fourth-order valence-electron chi connectivity index (χ4n) is 3.15. The number of aromatic nitrogens is 3. The SMILES string of the molecule is Cc1c(C(=O)NCCCOc2cccc3cccnc23)sc2ncn(C)c(=O)c12. The number of pyridine rings is 1. The summed E-state index contributed by atoms with van der Waals surface area (Å²) in [7, 11) is 1.65. The van der Waals surface area contributed by atoms with Gasteiger partial charge in [-0.05, 0) is 31.0 Å². The Morgan fingerprint density at radius 3 is 2.93 bits per heavy atom. The molecule has 0 radical (unpaired) electrons. The molecule has 1 amide bonds. The molecule has 4 aromatic rings. The average molecular weight is 408 g/mol. The van der Waals surface area contributed by atoms with Crippen LogP contribution in [0.5, 0.6) is 5.75 Å². The van der Waals surface area contributed by atoms with Gasteiger partial charge in [0.2, 0.25) is 0 Å². The van der Waals surface area contributed by atoms with Crippen molar-refractivity contribution in [3.63, 3.8) is 0 Å². The normalized spacial score (nSPS) is 11.1. The Hall–Kier alpha value is -3.26.